The highest BCUT2D eigenvalue weighted by Gasteiger charge is 2.12. The number of nitrogens with one attached hydrogen (secondary N) is 1. The SMILES string of the molecule is c1ccc(-c2csc3ncnc(NCCn4cncn4)c23)cc1. The molecule has 0 saturated carbocycles. The molecular formula is C16H14N6S. The number of anilines is 1. The van der Waals surface area contributed by atoms with Crippen molar-refractivity contribution in [3.05, 3.63) is 54.7 Å². The van der Waals surface area contributed by atoms with Gasteiger partial charge in [0.1, 0.15) is 29.6 Å². The van der Waals surface area contributed by atoms with E-state index in [0.717, 1.165) is 34.7 Å². The van der Waals surface area contributed by atoms with Gasteiger partial charge in [0.25, 0.3) is 0 Å². The minimum absolute atomic E-state index is 0.722. The van der Waals surface area contributed by atoms with Crippen LogP contribution in [0.2, 0.25) is 0 Å². The Kier molecular flexibility index (Phi) is 3.69. The third-order valence-electron chi connectivity index (χ3n) is 3.55. The lowest BCUT2D eigenvalue weighted by Crippen LogP contribution is -2.12. The van der Waals surface area contributed by atoms with Gasteiger partial charge in [0.2, 0.25) is 0 Å². The zero-order valence-electron chi connectivity index (χ0n) is 12.3. The van der Waals surface area contributed by atoms with Gasteiger partial charge in [0.15, 0.2) is 0 Å². The van der Waals surface area contributed by atoms with Crippen LogP contribution in [0.15, 0.2) is 54.7 Å². The van der Waals surface area contributed by atoms with E-state index in [4.69, 9.17) is 0 Å². The summed E-state index contributed by atoms with van der Waals surface area (Å²) in [6, 6.07) is 10.3. The van der Waals surface area contributed by atoms with Crippen LogP contribution in [0.4, 0.5) is 5.82 Å². The van der Waals surface area contributed by atoms with Crippen LogP contribution in [0.25, 0.3) is 21.3 Å². The maximum atomic E-state index is 4.42. The predicted octanol–water partition coefficient (Wildman–Crippen LogP) is 3.06. The fourth-order valence-electron chi connectivity index (χ4n) is 2.48. The molecule has 23 heavy (non-hydrogen) atoms. The molecule has 0 aliphatic carbocycles. The molecule has 0 aliphatic rings. The summed E-state index contributed by atoms with van der Waals surface area (Å²) in [6.07, 6.45) is 4.85. The number of benzene rings is 1. The van der Waals surface area contributed by atoms with Gasteiger partial charge in [-0.05, 0) is 5.56 Å². The Hall–Kier alpha value is -2.80. The second-order valence-corrected chi connectivity index (χ2v) is 5.86. The number of hydrogen-bond acceptors (Lipinski definition) is 6. The molecule has 114 valence electrons. The second-order valence-electron chi connectivity index (χ2n) is 5.00. The molecule has 4 rings (SSSR count). The zero-order valence-corrected chi connectivity index (χ0v) is 13.1. The van der Waals surface area contributed by atoms with Crippen molar-refractivity contribution in [3.63, 3.8) is 0 Å². The minimum Gasteiger partial charge on any atom is -0.368 e. The molecule has 1 N–H and O–H groups in total. The maximum Gasteiger partial charge on any atom is 0.138 e. The summed E-state index contributed by atoms with van der Waals surface area (Å²) >= 11 is 1.64. The van der Waals surface area contributed by atoms with E-state index in [0.29, 0.717) is 0 Å². The van der Waals surface area contributed by atoms with Crippen LogP contribution in [-0.2, 0) is 6.54 Å². The molecule has 0 unspecified atom stereocenters. The zero-order chi connectivity index (χ0) is 15.5. The number of rotatable bonds is 5. The van der Waals surface area contributed by atoms with Gasteiger partial charge >= 0.3 is 0 Å². The summed E-state index contributed by atoms with van der Waals surface area (Å²) in [6.45, 7) is 1.45. The number of aromatic nitrogens is 5. The van der Waals surface area contributed by atoms with Crippen LogP contribution in [0, 0.1) is 0 Å². The molecule has 0 radical (unpaired) electrons. The highest BCUT2D eigenvalue weighted by Crippen LogP contribution is 2.36. The molecule has 0 fully saturated rings. The van der Waals surface area contributed by atoms with Crippen molar-refractivity contribution in [1.29, 1.82) is 0 Å². The van der Waals surface area contributed by atoms with Gasteiger partial charge in [-0.2, -0.15) is 5.10 Å². The lowest BCUT2D eigenvalue weighted by molar-refractivity contribution is 0.635. The summed E-state index contributed by atoms with van der Waals surface area (Å²) in [4.78, 5) is 13.7. The molecular weight excluding hydrogens is 308 g/mol. The summed E-state index contributed by atoms with van der Waals surface area (Å²) in [5.74, 6) is 0.857. The summed E-state index contributed by atoms with van der Waals surface area (Å²) < 4.78 is 1.79. The van der Waals surface area contributed by atoms with Crippen LogP contribution in [0.5, 0.6) is 0 Å². The largest absolute Gasteiger partial charge is 0.368 e. The van der Waals surface area contributed by atoms with E-state index in [9.17, 15) is 0 Å². The molecule has 0 atom stereocenters. The topological polar surface area (TPSA) is 68.5 Å². The Morgan fingerprint density at radius 1 is 1.09 bits per heavy atom. The van der Waals surface area contributed by atoms with E-state index >= 15 is 0 Å². The van der Waals surface area contributed by atoms with Crippen molar-refractivity contribution in [2.24, 2.45) is 0 Å². The number of fused-ring (bicyclic) bond motifs is 1. The van der Waals surface area contributed by atoms with Crippen LogP contribution < -0.4 is 5.32 Å². The van der Waals surface area contributed by atoms with Gasteiger partial charge in [0, 0.05) is 17.5 Å². The monoisotopic (exact) mass is 322 g/mol. The van der Waals surface area contributed by atoms with Crippen molar-refractivity contribution in [1.82, 2.24) is 24.7 Å². The highest BCUT2D eigenvalue weighted by molar-refractivity contribution is 7.17. The van der Waals surface area contributed by atoms with Crippen molar-refractivity contribution < 1.29 is 0 Å². The predicted molar refractivity (Wildman–Crippen MR) is 91.4 cm³/mol. The van der Waals surface area contributed by atoms with E-state index in [-0.39, 0.29) is 0 Å². The molecule has 4 aromatic rings. The van der Waals surface area contributed by atoms with Gasteiger partial charge in [-0.3, -0.25) is 4.68 Å². The summed E-state index contributed by atoms with van der Waals surface area (Å²) in [7, 11) is 0. The number of nitrogens with zero attached hydrogens (tertiary/aromatic N) is 5. The van der Waals surface area contributed by atoms with Crippen molar-refractivity contribution >= 4 is 27.4 Å². The van der Waals surface area contributed by atoms with E-state index in [1.54, 1.807) is 28.7 Å². The fraction of sp³-hybridized carbons (Fsp3) is 0.125. The Balaban J connectivity index is 1.65. The molecule has 3 aromatic heterocycles. The van der Waals surface area contributed by atoms with Crippen LogP contribution in [0.3, 0.4) is 0 Å². The first-order valence-electron chi connectivity index (χ1n) is 7.26. The van der Waals surface area contributed by atoms with E-state index in [1.165, 1.54) is 11.9 Å². The molecule has 6 nitrogen and oxygen atoms in total. The molecule has 0 saturated heterocycles. The smallest absolute Gasteiger partial charge is 0.138 e. The molecule has 0 spiro atoms. The van der Waals surface area contributed by atoms with Gasteiger partial charge in [-0.15, -0.1) is 11.3 Å². The van der Waals surface area contributed by atoms with Gasteiger partial charge in [0.05, 0.1) is 11.9 Å². The van der Waals surface area contributed by atoms with E-state index in [2.05, 4.69) is 42.9 Å². The summed E-state index contributed by atoms with van der Waals surface area (Å²) in [5, 5.41) is 10.7. The van der Waals surface area contributed by atoms with Crippen LogP contribution in [0.1, 0.15) is 0 Å². The molecule has 0 amide bonds. The van der Waals surface area contributed by atoms with Crippen LogP contribution >= 0.6 is 11.3 Å². The first-order valence-corrected chi connectivity index (χ1v) is 8.14. The molecule has 1 aromatic carbocycles. The van der Waals surface area contributed by atoms with Crippen molar-refractivity contribution in [2.75, 3.05) is 11.9 Å². The highest BCUT2D eigenvalue weighted by atomic mass is 32.1. The standard InChI is InChI=1S/C16H14N6S/c1-2-4-12(5-3-1)13-8-23-16-14(13)15(19-10-20-16)18-6-7-22-11-17-9-21-22/h1-5,8-11H,6-7H2,(H,18,19,20). The normalized spacial score (nSPS) is 11.0. The first kappa shape index (κ1) is 13.8. The first-order chi connectivity index (χ1) is 11.4. The Morgan fingerprint density at radius 2 is 2.00 bits per heavy atom. The van der Waals surface area contributed by atoms with Gasteiger partial charge in [-0.25, -0.2) is 15.0 Å². The molecule has 3 heterocycles. The average molecular weight is 322 g/mol. The fourth-order valence-corrected chi connectivity index (χ4v) is 3.39. The maximum absolute atomic E-state index is 4.42. The minimum atomic E-state index is 0.722. The lowest BCUT2D eigenvalue weighted by Gasteiger charge is -2.08. The Bertz CT molecular complexity index is 901. The van der Waals surface area contributed by atoms with Gasteiger partial charge in [-0.1, -0.05) is 30.3 Å². The Labute approximate surface area is 136 Å². The third-order valence-corrected chi connectivity index (χ3v) is 4.44. The van der Waals surface area contributed by atoms with Crippen molar-refractivity contribution in [2.45, 2.75) is 6.54 Å². The van der Waals surface area contributed by atoms with E-state index < -0.39 is 0 Å². The Morgan fingerprint density at radius 3 is 2.83 bits per heavy atom. The molecule has 0 bridgehead atoms. The van der Waals surface area contributed by atoms with E-state index in [1.807, 2.05) is 18.2 Å². The quantitative estimate of drug-likeness (QED) is 0.611. The average Bonchev–Trinajstić information content (AvgIpc) is 3.25. The summed E-state index contributed by atoms with van der Waals surface area (Å²) in [5.41, 5.74) is 2.34. The lowest BCUT2D eigenvalue weighted by atomic mass is 10.1. The number of thiophene rings is 1. The second kappa shape index (κ2) is 6.13. The molecule has 7 heteroatoms. The number of hydrogen-bond donors (Lipinski definition) is 1. The van der Waals surface area contributed by atoms with Gasteiger partial charge < -0.3 is 5.32 Å². The molecule has 0 aliphatic heterocycles. The third kappa shape index (κ3) is 2.78. The van der Waals surface area contributed by atoms with Crippen LogP contribution in [-0.4, -0.2) is 31.3 Å². The van der Waals surface area contributed by atoms with Crippen molar-refractivity contribution in [3.8, 4) is 11.1 Å².